The van der Waals surface area contributed by atoms with Gasteiger partial charge < -0.3 is 14.2 Å². The highest BCUT2D eigenvalue weighted by Crippen LogP contribution is 2.18. The first-order chi connectivity index (χ1) is 8.18. The fourth-order valence-electron chi connectivity index (χ4n) is 1.42. The lowest BCUT2D eigenvalue weighted by Gasteiger charge is -2.28. The maximum atomic E-state index is 5.59. The van der Waals surface area contributed by atoms with E-state index in [9.17, 15) is 0 Å². The van der Waals surface area contributed by atoms with Crippen molar-refractivity contribution in [3.63, 3.8) is 0 Å². The normalized spacial score (nSPS) is 12.0. The zero-order valence-corrected chi connectivity index (χ0v) is 11.8. The number of ether oxygens (including phenoxy) is 3. The van der Waals surface area contributed by atoms with Crippen LogP contribution in [0.4, 0.5) is 0 Å². The standard InChI is InChI=1S/C14H29O3/c1-5-8-15-11-14(4,12-16-9-6-2)13-17-10-7-3/h4-13H2,1-3H3. The van der Waals surface area contributed by atoms with Gasteiger partial charge in [-0.15, -0.1) is 0 Å². The van der Waals surface area contributed by atoms with E-state index in [4.69, 9.17) is 14.2 Å². The first kappa shape index (κ1) is 16.9. The molecule has 0 fully saturated rings. The minimum atomic E-state index is -0.264. The molecule has 0 spiro atoms. The third kappa shape index (κ3) is 9.57. The molecule has 3 heteroatoms. The van der Waals surface area contributed by atoms with E-state index < -0.39 is 0 Å². The van der Waals surface area contributed by atoms with Crippen molar-refractivity contribution >= 4 is 0 Å². The number of hydrogen-bond donors (Lipinski definition) is 0. The lowest BCUT2D eigenvalue weighted by Crippen LogP contribution is -2.35. The van der Waals surface area contributed by atoms with Crippen molar-refractivity contribution in [2.45, 2.75) is 40.0 Å². The van der Waals surface area contributed by atoms with E-state index in [1.165, 1.54) is 0 Å². The monoisotopic (exact) mass is 245 g/mol. The van der Waals surface area contributed by atoms with Crippen molar-refractivity contribution in [1.82, 2.24) is 0 Å². The fraction of sp³-hybridized carbons (Fsp3) is 0.929. The second-order valence-corrected chi connectivity index (χ2v) is 4.66. The van der Waals surface area contributed by atoms with Crippen molar-refractivity contribution < 1.29 is 14.2 Å². The average Bonchev–Trinajstić information content (AvgIpc) is 2.30. The Labute approximate surface area is 107 Å². The third-order valence-corrected chi connectivity index (χ3v) is 2.27. The summed E-state index contributed by atoms with van der Waals surface area (Å²) in [4.78, 5) is 0. The van der Waals surface area contributed by atoms with Gasteiger partial charge in [0.25, 0.3) is 0 Å². The molecule has 0 bridgehead atoms. The van der Waals surface area contributed by atoms with Gasteiger partial charge in [0.05, 0.1) is 19.8 Å². The highest BCUT2D eigenvalue weighted by molar-refractivity contribution is 4.81. The molecule has 0 aromatic rings. The summed E-state index contributed by atoms with van der Waals surface area (Å²) in [7, 11) is 0. The smallest absolute Gasteiger partial charge is 0.0566 e. The van der Waals surface area contributed by atoms with Gasteiger partial charge in [-0.2, -0.15) is 0 Å². The topological polar surface area (TPSA) is 27.7 Å². The maximum absolute atomic E-state index is 5.59. The van der Waals surface area contributed by atoms with Crippen molar-refractivity contribution in [2.75, 3.05) is 39.6 Å². The van der Waals surface area contributed by atoms with Crippen LogP contribution < -0.4 is 0 Å². The highest BCUT2D eigenvalue weighted by atomic mass is 16.5. The van der Waals surface area contributed by atoms with Crippen LogP contribution >= 0.6 is 0 Å². The third-order valence-electron chi connectivity index (χ3n) is 2.27. The second kappa shape index (κ2) is 11.0. The summed E-state index contributed by atoms with van der Waals surface area (Å²) in [5, 5.41) is 0. The minimum Gasteiger partial charge on any atom is -0.381 e. The molecule has 0 N–H and O–H groups in total. The van der Waals surface area contributed by atoms with Crippen LogP contribution in [0.1, 0.15) is 40.0 Å². The molecular formula is C14H29O3. The fourth-order valence-corrected chi connectivity index (χ4v) is 1.42. The summed E-state index contributed by atoms with van der Waals surface area (Å²) in [5.74, 6) is 0. The molecule has 0 saturated carbocycles. The van der Waals surface area contributed by atoms with Crippen LogP contribution in [0.5, 0.6) is 0 Å². The Kier molecular flexibility index (Phi) is 10.9. The number of hydrogen-bond acceptors (Lipinski definition) is 3. The van der Waals surface area contributed by atoms with Gasteiger partial charge in [0.2, 0.25) is 0 Å². The van der Waals surface area contributed by atoms with E-state index in [0.29, 0.717) is 19.8 Å². The van der Waals surface area contributed by atoms with Gasteiger partial charge in [-0.25, -0.2) is 0 Å². The molecule has 0 unspecified atom stereocenters. The maximum Gasteiger partial charge on any atom is 0.0566 e. The Morgan fingerprint density at radius 3 is 1.24 bits per heavy atom. The molecule has 0 rings (SSSR count). The lowest BCUT2D eigenvalue weighted by atomic mass is 9.94. The van der Waals surface area contributed by atoms with E-state index in [1.54, 1.807) is 0 Å². The summed E-state index contributed by atoms with van der Waals surface area (Å²) in [5.41, 5.74) is -0.264. The minimum absolute atomic E-state index is 0.264. The molecule has 17 heavy (non-hydrogen) atoms. The predicted molar refractivity (Wildman–Crippen MR) is 71.1 cm³/mol. The quantitative estimate of drug-likeness (QED) is 0.495. The van der Waals surface area contributed by atoms with Crippen LogP contribution in [0.3, 0.4) is 0 Å². The van der Waals surface area contributed by atoms with Crippen LogP contribution in [-0.4, -0.2) is 39.6 Å². The van der Waals surface area contributed by atoms with Gasteiger partial charge in [0.15, 0.2) is 0 Å². The SMILES string of the molecule is [CH2]C(COCCC)(COCCC)COCCC. The first-order valence-corrected chi connectivity index (χ1v) is 6.77. The summed E-state index contributed by atoms with van der Waals surface area (Å²) in [6, 6.07) is 0. The molecule has 0 aromatic carbocycles. The van der Waals surface area contributed by atoms with E-state index >= 15 is 0 Å². The lowest BCUT2D eigenvalue weighted by molar-refractivity contribution is -0.0458. The molecule has 0 heterocycles. The molecule has 1 radical (unpaired) electrons. The van der Waals surface area contributed by atoms with Crippen molar-refractivity contribution in [3.05, 3.63) is 6.92 Å². The molecule has 0 amide bonds. The first-order valence-electron chi connectivity index (χ1n) is 6.77. The summed E-state index contributed by atoms with van der Waals surface area (Å²) in [6.07, 6.45) is 3.09. The molecule has 0 atom stereocenters. The van der Waals surface area contributed by atoms with Gasteiger partial charge in [-0.3, -0.25) is 0 Å². The van der Waals surface area contributed by atoms with Crippen LogP contribution in [0.15, 0.2) is 0 Å². The van der Waals surface area contributed by atoms with Gasteiger partial charge in [-0.05, 0) is 26.2 Å². The highest BCUT2D eigenvalue weighted by Gasteiger charge is 2.25. The van der Waals surface area contributed by atoms with E-state index in [-0.39, 0.29) is 5.41 Å². The van der Waals surface area contributed by atoms with E-state index in [2.05, 4.69) is 27.7 Å². The van der Waals surface area contributed by atoms with Gasteiger partial charge >= 0.3 is 0 Å². The van der Waals surface area contributed by atoms with Crippen LogP contribution in [0.25, 0.3) is 0 Å². The molecule has 0 saturated heterocycles. The van der Waals surface area contributed by atoms with Crippen molar-refractivity contribution in [1.29, 1.82) is 0 Å². The zero-order chi connectivity index (χ0) is 13.0. The molecular weight excluding hydrogens is 216 g/mol. The molecule has 0 aliphatic carbocycles. The summed E-state index contributed by atoms with van der Waals surface area (Å²) < 4.78 is 16.8. The van der Waals surface area contributed by atoms with Crippen molar-refractivity contribution in [2.24, 2.45) is 5.41 Å². The average molecular weight is 245 g/mol. The predicted octanol–water partition coefficient (Wildman–Crippen LogP) is 3.09. The molecule has 103 valence electrons. The van der Waals surface area contributed by atoms with Crippen molar-refractivity contribution in [3.8, 4) is 0 Å². The van der Waals surface area contributed by atoms with Crippen LogP contribution in [0.2, 0.25) is 0 Å². The zero-order valence-electron chi connectivity index (χ0n) is 11.8. The van der Waals surface area contributed by atoms with Crippen LogP contribution in [-0.2, 0) is 14.2 Å². The Morgan fingerprint density at radius 2 is 1.00 bits per heavy atom. The number of rotatable bonds is 12. The Morgan fingerprint density at radius 1 is 0.706 bits per heavy atom. The largest absolute Gasteiger partial charge is 0.381 e. The second-order valence-electron chi connectivity index (χ2n) is 4.66. The van der Waals surface area contributed by atoms with Gasteiger partial charge in [0, 0.05) is 25.2 Å². The molecule has 0 aliphatic rings. The van der Waals surface area contributed by atoms with Gasteiger partial charge in [-0.1, -0.05) is 20.8 Å². The van der Waals surface area contributed by atoms with Gasteiger partial charge in [0.1, 0.15) is 0 Å². The summed E-state index contributed by atoms with van der Waals surface area (Å²) in [6.45, 7) is 14.7. The summed E-state index contributed by atoms with van der Waals surface area (Å²) >= 11 is 0. The Balaban J connectivity index is 3.95. The molecule has 0 aromatic heterocycles. The Bertz CT molecular complexity index is 133. The Hall–Kier alpha value is -0.120. The van der Waals surface area contributed by atoms with Crippen LogP contribution in [0, 0.1) is 12.3 Å². The molecule has 3 nitrogen and oxygen atoms in total. The molecule has 0 aliphatic heterocycles. The van der Waals surface area contributed by atoms with E-state index in [0.717, 1.165) is 39.1 Å². The van der Waals surface area contributed by atoms with E-state index in [1.807, 2.05) is 0 Å².